The first-order chi connectivity index (χ1) is 8.50. The van der Waals surface area contributed by atoms with Crippen molar-refractivity contribution in [2.24, 2.45) is 0 Å². The van der Waals surface area contributed by atoms with Gasteiger partial charge in [0.1, 0.15) is 5.75 Å². The molecule has 1 saturated carbocycles. The van der Waals surface area contributed by atoms with Crippen molar-refractivity contribution in [2.75, 3.05) is 14.1 Å². The highest BCUT2D eigenvalue weighted by Gasteiger charge is 2.27. The molecule has 18 heavy (non-hydrogen) atoms. The third-order valence-corrected chi connectivity index (χ3v) is 3.10. The molecule has 0 aromatic heterocycles. The molecular formula is C15H21NO2. The van der Waals surface area contributed by atoms with Crippen LogP contribution in [-0.2, 0) is 0 Å². The quantitative estimate of drug-likeness (QED) is 0.818. The molecule has 1 fully saturated rings. The van der Waals surface area contributed by atoms with Gasteiger partial charge in [-0.15, -0.1) is 0 Å². The Morgan fingerprint density at radius 2 is 2.00 bits per heavy atom. The van der Waals surface area contributed by atoms with Gasteiger partial charge in [0, 0.05) is 25.2 Å². The van der Waals surface area contributed by atoms with Gasteiger partial charge in [-0.2, -0.15) is 0 Å². The van der Waals surface area contributed by atoms with Crippen molar-refractivity contribution in [1.29, 1.82) is 0 Å². The van der Waals surface area contributed by atoms with Crippen molar-refractivity contribution >= 4 is 5.91 Å². The second-order valence-electron chi connectivity index (χ2n) is 5.39. The number of benzene rings is 1. The standard InChI is InChI=1S/C15H21NO2/c1-10(2)14-12(15(17)16(3)4)6-5-7-13(14)18-11-8-9-11/h5-7,10-11H,8-9H2,1-4H3. The van der Waals surface area contributed by atoms with Crippen molar-refractivity contribution in [3.8, 4) is 5.75 Å². The van der Waals surface area contributed by atoms with E-state index in [1.807, 2.05) is 18.2 Å². The van der Waals surface area contributed by atoms with E-state index in [4.69, 9.17) is 4.74 Å². The molecule has 2 rings (SSSR count). The Morgan fingerprint density at radius 1 is 1.33 bits per heavy atom. The van der Waals surface area contributed by atoms with Gasteiger partial charge < -0.3 is 9.64 Å². The Balaban J connectivity index is 2.41. The van der Waals surface area contributed by atoms with Gasteiger partial charge in [-0.3, -0.25) is 4.79 Å². The molecule has 1 amide bonds. The summed E-state index contributed by atoms with van der Waals surface area (Å²) in [6.07, 6.45) is 2.61. The Labute approximate surface area is 109 Å². The molecule has 1 aromatic carbocycles. The fourth-order valence-electron chi connectivity index (χ4n) is 2.04. The molecule has 0 aliphatic heterocycles. The summed E-state index contributed by atoms with van der Waals surface area (Å²) in [5.74, 6) is 1.19. The van der Waals surface area contributed by atoms with Gasteiger partial charge in [-0.25, -0.2) is 0 Å². The number of amides is 1. The van der Waals surface area contributed by atoms with Crippen LogP contribution in [0.15, 0.2) is 18.2 Å². The van der Waals surface area contributed by atoms with Gasteiger partial charge in [-0.05, 0) is 30.9 Å². The third kappa shape index (κ3) is 2.66. The number of carbonyl (C=O) groups is 1. The molecule has 1 aromatic rings. The summed E-state index contributed by atoms with van der Waals surface area (Å²) in [6, 6.07) is 5.76. The topological polar surface area (TPSA) is 29.5 Å². The zero-order valence-corrected chi connectivity index (χ0v) is 11.6. The largest absolute Gasteiger partial charge is 0.490 e. The zero-order valence-electron chi connectivity index (χ0n) is 11.6. The minimum Gasteiger partial charge on any atom is -0.490 e. The molecule has 3 heteroatoms. The van der Waals surface area contributed by atoms with E-state index in [0.29, 0.717) is 6.10 Å². The first kappa shape index (κ1) is 12.9. The van der Waals surface area contributed by atoms with Gasteiger partial charge in [0.15, 0.2) is 0 Å². The Kier molecular flexibility index (Phi) is 3.60. The lowest BCUT2D eigenvalue weighted by atomic mass is 9.95. The Morgan fingerprint density at radius 3 is 2.50 bits per heavy atom. The average molecular weight is 247 g/mol. The third-order valence-electron chi connectivity index (χ3n) is 3.10. The van der Waals surface area contributed by atoms with Crippen molar-refractivity contribution in [2.45, 2.75) is 38.7 Å². The minimum atomic E-state index is 0.0416. The molecule has 0 spiro atoms. The molecule has 0 radical (unpaired) electrons. The van der Waals surface area contributed by atoms with E-state index in [-0.39, 0.29) is 11.8 Å². The van der Waals surface area contributed by atoms with Gasteiger partial charge >= 0.3 is 0 Å². The van der Waals surface area contributed by atoms with E-state index >= 15 is 0 Å². The minimum absolute atomic E-state index is 0.0416. The predicted molar refractivity (Wildman–Crippen MR) is 72.2 cm³/mol. The highest BCUT2D eigenvalue weighted by Crippen LogP contribution is 2.35. The molecule has 98 valence electrons. The molecule has 0 saturated heterocycles. The lowest BCUT2D eigenvalue weighted by Gasteiger charge is -2.19. The summed E-state index contributed by atoms with van der Waals surface area (Å²) in [5.41, 5.74) is 1.79. The van der Waals surface area contributed by atoms with Crippen LogP contribution in [0.2, 0.25) is 0 Å². The van der Waals surface area contributed by atoms with Crippen LogP contribution < -0.4 is 4.74 Å². The number of ether oxygens (including phenoxy) is 1. The normalized spacial score (nSPS) is 14.7. The summed E-state index contributed by atoms with van der Waals surface area (Å²) in [4.78, 5) is 13.8. The number of nitrogens with zero attached hydrogens (tertiary/aromatic N) is 1. The average Bonchev–Trinajstić information content (AvgIpc) is 3.11. The molecule has 0 atom stereocenters. The van der Waals surface area contributed by atoms with Crippen LogP contribution in [0.5, 0.6) is 5.75 Å². The maximum absolute atomic E-state index is 12.2. The van der Waals surface area contributed by atoms with Crippen LogP contribution in [0, 0.1) is 0 Å². The molecule has 0 heterocycles. The highest BCUT2D eigenvalue weighted by atomic mass is 16.5. The summed E-state index contributed by atoms with van der Waals surface area (Å²) < 4.78 is 5.92. The van der Waals surface area contributed by atoms with Crippen LogP contribution in [-0.4, -0.2) is 31.0 Å². The smallest absolute Gasteiger partial charge is 0.253 e. The van der Waals surface area contributed by atoms with Crippen LogP contribution >= 0.6 is 0 Å². The van der Waals surface area contributed by atoms with E-state index in [1.165, 1.54) is 0 Å². The van der Waals surface area contributed by atoms with Gasteiger partial charge in [0.25, 0.3) is 5.91 Å². The first-order valence-electron chi connectivity index (χ1n) is 6.52. The second-order valence-corrected chi connectivity index (χ2v) is 5.39. The SMILES string of the molecule is CC(C)c1c(OC2CC2)cccc1C(=O)N(C)C. The predicted octanol–water partition coefficient (Wildman–Crippen LogP) is 3.05. The summed E-state index contributed by atoms with van der Waals surface area (Å²) in [5, 5.41) is 0. The molecular weight excluding hydrogens is 226 g/mol. The monoisotopic (exact) mass is 247 g/mol. The fraction of sp³-hybridized carbons (Fsp3) is 0.533. The maximum atomic E-state index is 12.2. The molecule has 0 N–H and O–H groups in total. The van der Waals surface area contributed by atoms with E-state index in [2.05, 4.69) is 13.8 Å². The van der Waals surface area contributed by atoms with Crippen molar-refractivity contribution in [3.05, 3.63) is 29.3 Å². The van der Waals surface area contributed by atoms with Crippen molar-refractivity contribution in [1.82, 2.24) is 4.90 Å². The van der Waals surface area contributed by atoms with Crippen LogP contribution in [0.3, 0.4) is 0 Å². The van der Waals surface area contributed by atoms with Crippen molar-refractivity contribution in [3.63, 3.8) is 0 Å². The Bertz CT molecular complexity index is 448. The van der Waals surface area contributed by atoms with Crippen LogP contribution in [0.4, 0.5) is 0 Å². The summed E-state index contributed by atoms with van der Waals surface area (Å²) in [7, 11) is 3.56. The first-order valence-corrected chi connectivity index (χ1v) is 6.52. The van der Waals surface area contributed by atoms with Crippen LogP contribution in [0.1, 0.15) is 48.5 Å². The van der Waals surface area contributed by atoms with Crippen molar-refractivity contribution < 1.29 is 9.53 Å². The zero-order chi connectivity index (χ0) is 13.3. The second kappa shape index (κ2) is 5.01. The maximum Gasteiger partial charge on any atom is 0.253 e. The summed E-state index contributed by atoms with van der Waals surface area (Å²) >= 11 is 0. The van der Waals surface area contributed by atoms with E-state index in [1.54, 1.807) is 19.0 Å². The summed E-state index contributed by atoms with van der Waals surface area (Å²) in [6.45, 7) is 4.20. The fourth-order valence-corrected chi connectivity index (χ4v) is 2.04. The van der Waals surface area contributed by atoms with E-state index in [0.717, 1.165) is 29.7 Å². The van der Waals surface area contributed by atoms with Gasteiger partial charge in [0.2, 0.25) is 0 Å². The number of carbonyl (C=O) groups excluding carboxylic acids is 1. The number of hydrogen-bond acceptors (Lipinski definition) is 2. The van der Waals surface area contributed by atoms with Gasteiger partial charge in [-0.1, -0.05) is 19.9 Å². The lowest BCUT2D eigenvalue weighted by Crippen LogP contribution is -2.23. The van der Waals surface area contributed by atoms with E-state index in [9.17, 15) is 4.79 Å². The Hall–Kier alpha value is -1.51. The molecule has 1 aliphatic carbocycles. The molecule has 0 unspecified atom stereocenters. The van der Waals surface area contributed by atoms with Crippen LogP contribution in [0.25, 0.3) is 0 Å². The molecule has 1 aliphatic rings. The lowest BCUT2D eigenvalue weighted by molar-refractivity contribution is 0.0825. The number of rotatable bonds is 4. The highest BCUT2D eigenvalue weighted by molar-refractivity contribution is 5.96. The van der Waals surface area contributed by atoms with E-state index < -0.39 is 0 Å². The number of hydrogen-bond donors (Lipinski definition) is 0. The molecule has 3 nitrogen and oxygen atoms in total. The molecule has 0 bridgehead atoms. The van der Waals surface area contributed by atoms with Gasteiger partial charge in [0.05, 0.1) is 6.10 Å².